The fourth-order valence-electron chi connectivity index (χ4n) is 2.63. The van der Waals surface area contributed by atoms with E-state index in [-0.39, 0.29) is 0 Å². The molecule has 0 saturated heterocycles. The molecule has 1 heterocycles. The highest BCUT2D eigenvalue weighted by Gasteiger charge is 2.20. The minimum Gasteiger partial charge on any atom is -0.315 e. The van der Waals surface area contributed by atoms with Crippen molar-refractivity contribution in [2.45, 2.75) is 43.5 Å². The van der Waals surface area contributed by atoms with Gasteiger partial charge >= 0.3 is 0 Å². The van der Waals surface area contributed by atoms with E-state index >= 15 is 0 Å². The van der Waals surface area contributed by atoms with Gasteiger partial charge in [0.2, 0.25) is 10.0 Å². The molecule has 1 aromatic heterocycles. The zero-order chi connectivity index (χ0) is 13.7. The van der Waals surface area contributed by atoms with Crippen LogP contribution in [0.4, 0.5) is 0 Å². The quantitative estimate of drug-likeness (QED) is 0.813. The Bertz CT molecular complexity index is 490. The Hall–Kier alpha value is -0.430. The first-order valence-electron chi connectivity index (χ1n) is 6.84. The molecule has 0 spiro atoms. The van der Waals surface area contributed by atoms with Crippen molar-refractivity contribution in [3.05, 3.63) is 16.3 Å². The predicted octanol–water partition coefficient (Wildman–Crippen LogP) is 2.33. The van der Waals surface area contributed by atoms with E-state index in [0.717, 1.165) is 11.3 Å². The molecule has 0 atom stereocenters. The molecule has 0 aromatic carbocycles. The number of hydrogen-bond acceptors (Lipinski definition) is 4. The van der Waals surface area contributed by atoms with Crippen molar-refractivity contribution in [3.63, 3.8) is 0 Å². The first-order chi connectivity index (χ1) is 9.13. The van der Waals surface area contributed by atoms with Gasteiger partial charge in [0.25, 0.3) is 0 Å². The molecule has 1 aliphatic rings. The first kappa shape index (κ1) is 15.0. The van der Waals surface area contributed by atoms with E-state index in [1.807, 2.05) is 12.4 Å². The molecule has 6 heteroatoms. The van der Waals surface area contributed by atoms with Crippen LogP contribution >= 0.6 is 11.3 Å². The summed E-state index contributed by atoms with van der Waals surface area (Å²) in [6.07, 6.45) is 6.07. The Morgan fingerprint density at radius 3 is 2.79 bits per heavy atom. The van der Waals surface area contributed by atoms with E-state index in [1.54, 1.807) is 6.07 Å². The molecule has 4 nitrogen and oxygen atoms in total. The molecule has 1 aliphatic carbocycles. The number of hydrogen-bond donors (Lipinski definition) is 2. The SMILES string of the molecule is CNCc1sccc1S(=O)(=O)NCCC1CCCC1. The van der Waals surface area contributed by atoms with E-state index < -0.39 is 10.0 Å². The Balaban J connectivity index is 1.91. The number of nitrogens with one attached hydrogen (secondary N) is 2. The molecular formula is C13H22N2O2S2. The summed E-state index contributed by atoms with van der Waals surface area (Å²) in [6, 6.07) is 1.69. The summed E-state index contributed by atoms with van der Waals surface area (Å²) < 4.78 is 27.2. The largest absolute Gasteiger partial charge is 0.315 e. The smallest absolute Gasteiger partial charge is 0.241 e. The van der Waals surface area contributed by atoms with Gasteiger partial charge in [-0.3, -0.25) is 0 Å². The van der Waals surface area contributed by atoms with Crippen LogP contribution in [0.25, 0.3) is 0 Å². The maximum Gasteiger partial charge on any atom is 0.241 e. The van der Waals surface area contributed by atoms with E-state index in [2.05, 4.69) is 10.0 Å². The third-order valence-electron chi connectivity index (χ3n) is 3.65. The molecule has 19 heavy (non-hydrogen) atoms. The molecule has 0 radical (unpaired) electrons. The van der Waals surface area contributed by atoms with Crippen molar-refractivity contribution < 1.29 is 8.42 Å². The van der Waals surface area contributed by atoms with Gasteiger partial charge < -0.3 is 5.32 Å². The lowest BCUT2D eigenvalue weighted by atomic mass is 10.1. The zero-order valence-corrected chi connectivity index (χ0v) is 12.9. The van der Waals surface area contributed by atoms with Crippen molar-refractivity contribution in [2.24, 2.45) is 5.92 Å². The molecule has 0 bridgehead atoms. The van der Waals surface area contributed by atoms with Gasteiger partial charge in [0.1, 0.15) is 0 Å². The summed E-state index contributed by atoms with van der Waals surface area (Å²) in [5.41, 5.74) is 0. The lowest BCUT2D eigenvalue weighted by Gasteiger charge is -2.10. The van der Waals surface area contributed by atoms with Crippen LogP contribution in [0.15, 0.2) is 16.3 Å². The van der Waals surface area contributed by atoms with Crippen LogP contribution in [0.2, 0.25) is 0 Å². The Morgan fingerprint density at radius 2 is 2.11 bits per heavy atom. The summed E-state index contributed by atoms with van der Waals surface area (Å²) in [5, 5.41) is 4.83. The Kier molecular flexibility index (Phi) is 5.38. The molecule has 108 valence electrons. The lowest BCUT2D eigenvalue weighted by molar-refractivity contribution is 0.495. The minimum absolute atomic E-state index is 0.429. The molecule has 2 N–H and O–H groups in total. The Labute approximate surface area is 119 Å². The summed E-state index contributed by atoms with van der Waals surface area (Å²) in [5.74, 6) is 0.710. The van der Waals surface area contributed by atoms with Gasteiger partial charge in [0.15, 0.2) is 0 Å². The van der Waals surface area contributed by atoms with E-state index in [4.69, 9.17) is 0 Å². The molecular weight excluding hydrogens is 280 g/mol. The maximum atomic E-state index is 12.2. The van der Waals surface area contributed by atoms with Gasteiger partial charge in [-0.1, -0.05) is 25.7 Å². The van der Waals surface area contributed by atoms with Crippen molar-refractivity contribution >= 4 is 21.4 Å². The van der Waals surface area contributed by atoms with Crippen molar-refractivity contribution in [1.29, 1.82) is 0 Å². The summed E-state index contributed by atoms with van der Waals surface area (Å²) in [4.78, 5) is 1.30. The molecule has 1 aromatic rings. The summed E-state index contributed by atoms with van der Waals surface area (Å²) >= 11 is 1.48. The van der Waals surface area contributed by atoms with Gasteiger partial charge in [0, 0.05) is 18.0 Å². The maximum absolute atomic E-state index is 12.2. The van der Waals surface area contributed by atoms with Crippen molar-refractivity contribution in [1.82, 2.24) is 10.0 Å². The second-order valence-electron chi connectivity index (χ2n) is 5.08. The van der Waals surface area contributed by atoms with Crippen LogP contribution in [0.1, 0.15) is 37.0 Å². The highest BCUT2D eigenvalue weighted by molar-refractivity contribution is 7.89. The second kappa shape index (κ2) is 6.83. The van der Waals surface area contributed by atoms with Gasteiger partial charge in [-0.15, -0.1) is 11.3 Å². The average Bonchev–Trinajstić information content (AvgIpc) is 3.00. The fourth-order valence-corrected chi connectivity index (χ4v) is 5.13. The van der Waals surface area contributed by atoms with E-state index in [9.17, 15) is 8.42 Å². The van der Waals surface area contributed by atoms with Crippen LogP contribution in [-0.4, -0.2) is 22.0 Å². The zero-order valence-electron chi connectivity index (χ0n) is 11.3. The second-order valence-corrected chi connectivity index (χ2v) is 7.81. The summed E-state index contributed by atoms with van der Waals surface area (Å²) in [7, 11) is -1.52. The van der Waals surface area contributed by atoms with Crippen LogP contribution < -0.4 is 10.0 Å². The van der Waals surface area contributed by atoms with E-state index in [1.165, 1.54) is 37.0 Å². The van der Waals surface area contributed by atoms with Crippen LogP contribution in [0, 0.1) is 5.92 Å². The first-order valence-corrected chi connectivity index (χ1v) is 9.20. The predicted molar refractivity (Wildman–Crippen MR) is 78.8 cm³/mol. The van der Waals surface area contributed by atoms with Crippen LogP contribution in [0.3, 0.4) is 0 Å². The average molecular weight is 302 g/mol. The van der Waals surface area contributed by atoms with Gasteiger partial charge in [-0.2, -0.15) is 0 Å². The molecule has 0 unspecified atom stereocenters. The monoisotopic (exact) mass is 302 g/mol. The molecule has 2 rings (SSSR count). The number of thiophene rings is 1. The van der Waals surface area contributed by atoms with Gasteiger partial charge in [0.05, 0.1) is 4.90 Å². The lowest BCUT2D eigenvalue weighted by Crippen LogP contribution is -2.26. The van der Waals surface area contributed by atoms with Crippen LogP contribution in [-0.2, 0) is 16.6 Å². The third kappa shape index (κ3) is 4.02. The normalized spacial score (nSPS) is 17.1. The number of rotatable bonds is 7. The van der Waals surface area contributed by atoms with Crippen LogP contribution in [0.5, 0.6) is 0 Å². The van der Waals surface area contributed by atoms with Gasteiger partial charge in [-0.25, -0.2) is 13.1 Å². The highest BCUT2D eigenvalue weighted by Crippen LogP contribution is 2.27. The Morgan fingerprint density at radius 1 is 1.37 bits per heavy atom. The highest BCUT2D eigenvalue weighted by atomic mass is 32.2. The minimum atomic E-state index is -3.34. The number of sulfonamides is 1. The fraction of sp³-hybridized carbons (Fsp3) is 0.692. The van der Waals surface area contributed by atoms with Crippen molar-refractivity contribution in [3.8, 4) is 0 Å². The molecule has 0 aliphatic heterocycles. The topological polar surface area (TPSA) is 58.2 Å². The van der Waals surface area contributed by atoms with E-state index in [0.29, 0.717) is 23.9 Å². The third-order valence-corrected chi connectivity index (χ3v) is 6.25. The van der Waals surface area contributed by atoms with Crippen molar-refractivity contribution in [2.75, 3.05) is 13.6 Å². The molecule has 1 fully saturated rings. The summed E-state index contributed by atoms with van der Waals surface area (Å²) in [6.45, 7) is 1.15. The molecule has 0 amide bonds. The molecule has 1 saturated carbocycles. The van der Waals surface area contributed by atoms with Gasteiger partial charge in [-0.05, 0) is 30.8 Å². The standard InChI is InChI=1S/C13H22N2O2S2/c1-14-10-12-13(7-9-18-12)19(16,17)15-8-6-11-4-2-3-5-11/h7,9,11,14-15H,2-6,8,10H2,1H3.